The molecule has 0 fully saturated rings. The summed E-state index contributed by atoms with van der Waals surface area (Å²) in [5.74, 6) is -0.545. The quantitative estimate of drug-likeness (QED) is 0.780. The van der Waals surface area contributed by atoms with E-state index in [1.807, 2.05) is 0 Å². The Morgan fingerprint density at radius 1 is 1.67 bits per heavy atom. The van der Waals surface area contributed by atoms with Gasteiger partial charge in [0, 0.05) is 12.6 Å². The zero-order valence-corrected chi connectivity index (χ0v) is 11.0. The average molecular weight is 271 g/mol. The van der Waals surface area contributed by atoms with Gasteiger partial charge in [-0.25, -0.2) is 9.37 Å². The third-order valence-corrected chi connectivity index (χ3v) is 2.87. The van der Waals surface area contributed by atoms with Crippen LogP contribution in [0.15, 0.2) is 6.07 Å². The van der Waals surface area contributed by atoms with Crippen molar-refractivity contribution in [1.29, 1.82) is 5.26 Å². The molecule has 0 saturated carbocycles. The molecule has 18 heavy (non-hydrogen) atoms. The number of nitrogens with one attached hydrogen (secondary N) is 1. The smallest absolute Gasteiger partial charge is 0.166 e. The molecule has 0 radical (unpaired) electrons. The maximum atomic E-state index is 13.7. The van der Waals surface area contributed by atoms with Crippen molar-refractivity contribution in [2.45, 2.75) is 32.2 Å². The van der Waals surface area contributed by atoms with E-state index < -0.39 is 5.82 Å². The van der Waals surface area contributed by atoms with Crippen LogP contribution in [0.1, 0.15) is 31.7 Å². The third-order valence-electron chi connectivity index (χ3n) is 2.58. The lowest BCUT2D eigenvalue weighted by atomic mass is 10.1. The van der Waals surface area contributed by atoms with Gasteiger partial charge >= 0.3 is 0 Å². The molecule has 6 heteroatoms. The molecule has 0 aliphatic heterocycles. The Morgan fingerprint density at radius 3 is 2.94 bits per heavy atom. The van der Waals surface area contributed by atoms with E-state index in [-0.39, 0.29) is 22.6 Å². The number of nitrogens with two attached hydrogens (primary N) is 1. The fourth-order valence-corrected chi connectivity index (χ4v) is 1.72. The standard InChI is InChI=1S/C12H16ClFN4/c1-2-3-4-9(7-16)17-12-10(14)5-8(6-15)11(13)18-12/h5,9H,2-4,7,16H2,1H3,(H,17,18). The van der Waals surface area contributed by atoms with Gasteiger partial charge in [-0.15, -0.1) is 0 Å². The van der Waals surface area contributed by atoms with Gasteiger partial charge in [0.15, 0.2) is 11.6 Å². The zero-order valence-electron chi connectivity index (χ0n) is 10.2. The number of unbranched alkanes of at least 4 members (excludes halogenated alkanes) is 1. The molecular formula is C12H16ClFN4. The van der Waals surface area contributed by atoms with Gasteiger partial charge in [0.2, 0.25) is 0 Å². The second kappa shape index (κ2) is 7.14. The van der Waals surface area contributed by atoms with Crippen molar-refractivity contribution in [3.8, 4) is 6.07 Å². The minimum Gasteiger partial charge on any atom is -0.364 e. The molecule has 0 amide bonds. The average Bonchev–Trinajstić information content (AvgIpc) is 2.37. The van der Waals surface area contributed by atoms with Crippen LogP contribution in [0.4, 0.5) is 10.2 Å². The first kappa shape index (κ1) is 14.7. The number of nitrogens with zero attached hydrogens (tertiary/aromatic N) is 2. The normalized spacial score (nSPS) is 11.9. The molecule has 98 valence electrons. The van der Waals surface area contributed by atoms with Crippen LogP contribution in [0, 0.1) is 17.1 Å². The van der Waals surface area contributed by atoms with Gasteiger partial charge in [0.1, 0.15) is 11.2 Å². The number of halogens is 2. The number of hydrogen-bond acceptors (Lipinski definition) is 4. The molecule has 0 aromatic carbocycles. The van der Waals surface area contributed by atoms with E-state index in [0.29, 0.717) is 6.54 Å². The predicted octanol–water partition coefficient (Wildman–Crippen LogP) is 2.68. The summed E-state index contributed by atoms with van der Waals surface area (Å²) in [4.78, 5) is 3.84. The summed E-state index contributed by atoms with van der Waals surface area (Å²) in [5, 5.41) is 11.6. The molecular weight excluding hydrogens is 255 g/mol. The van der Waals surface area contributed by atoms with E-state index in [1.54, 1.807) is 6.07 Å². The monoisotopic (exact) mass is 270 g/mol. The van der Waals surface area contributed by atoms with E-state index in [9.17, 15) is 4.39 Å². The second-order valence-electron chi connectivity index (χ2n) is 3.99. The Kier molecular flexibility index (Phi) is 5.83. The zero-order chi connectivity index (χ0) is 13.5. The van der Waals surface area contributed by atoms with Crippen molar-refractivity contribution in [2.24, 2.45) is 5.73 Å². The van der Waals surface area contributed by atoms with Gasteiger partial charge in [-0.3, -0.25) is 0 Å². The highest BCUT2D eigenvalue weighted by Gasteiger charge is 2.13. The van der Waals surface area contributed by atoms with Crippen LogP contribution >= 0.6 is 11.6 Å². The Hall–Kier alpha value is -1.38. The lowest BCUT2D eigenvalue weighted by Crippen LogP contribution is -2.29. The molecule has 0 spiro atoms. The maximum absolute atomic E-state index is 13.7. The molecule has 1 aromatic heterocycles. The summed E-state index contributed by atoms with van der Waals surface area (Å²) in [5.41, 5.74) is 5.63. The topological polar surface area (TPSA) is 74.7 Å². The van der Waals surface area contributed by atoms with E-state index in [4.69, 9.17) is 22.6 Å². The predicted molar refractivity (Wildman–Crippen MR) is 69.9 cm³/mol. The molecule has 0 aliphatic rings. The molecule has 1 heterocycles. The Labute approximate surface area is 111 Å². The minimum absolute atomic E-state index is 0.00679. The summed E-state index contributed by atoms with van der Waals surface area (Å²) in [6, 6.07) is 2.81. The van der Waals surface area contributed by atoms with Gasteiger partial charge in [-0.2, -0.15) is 5.26 Å². The molecule has 3 N–H and O–H groups in total. The summed E-state index contributed by atoms with van der Waals surface area (Å²) < 4.78 is 13.7. The van der Waals surface area contributed by atoms with Crippen LogP contribution in [0.2, 0.25) is 5.15 Å². The first-order chi connectivity index (χ1) is 8.62. The summed E-state index contributed by atoms with van der Waals surface area (Å²) in [7, 11) is 0. The molecule has 0 aliphatic carbocycles. The Balaban J connectivity index is 2.83. The number of hydrogen-bond donors (Lipinski definition) is 2. The van der Waals surface area contributed by atoms with Gasteiger partial charge in [-0.1, -0.05) is 31.4 Å². The summed E-state index contributed by atoms with van der Waals surface area (Å²) in [6.07, 6.45) is 2.88. The van der Waals surface area contributed by atoms with E-state index in [2.05, 4.69) is 17.2 Å². The van der Waals surface area contributed by atoms with Crippen molar-refractivity contribution in [3.05, 3.63) is 22.6 Å². The fourth-order valence-electron chi connectivity index (χ4n) is 1.54. The number of pyridine rings is 1. The van der Waals surface area contributed by atoms with E-state index in [0.717, 1.165) is 25.3 Å². The van der Waals surface area contributed by atoms with Crippen LogP contribution < -0.4 is 11.1 Å². The Morgan fingerprint density at radius 2 is 2.39 bits per heavy atom. The second-order valence-corrected chi connectivity index (χ2v) is 4.35. The van der Waals surface area contributed by atoms with Crippen molar-refractivity contribution < 1.29 is 4.39 Å². The van der Waals surface area contributed by atoms with Gasteiger partial charge < -0.3 is 11.1 Å². The largest absolute Gasteiger partial charge is 0.364 e. The minimum atomic E-state index is -0.592. The van der Waals surface area contributed by atoms with Crippen molar-refractivity contribution in [3.63, 3.8) is 0 Å². The SMILES string of the molecule is CCCCC(CN)Nc1nc(Cl)c(C#N)cc1F. The molecule has 0 saturated heterocycles. The number of rotatable bonds is 6. The van der Waals surface area contributed by atoms with E-state index >= 15 is 0 Å². The molecule has 1 rings (SSSR count). The van der Waals surface area contributed by atoms with Crippen molar-refractivity contribution in [1.82, 2.24) is 4.98 Å². The van der Waals surface area contributed by atoms with Gasteiger partial charge in [0.05, 0.1) is 5.56 Å². The van der Waals surface area contributed by atoms with Crippen molar-refractivity contribution >= 4 is 17.4 Å². The first-order valence-electron chi connectivity index (χ1n) is 5.85. The van der Waals surface area contributed by atoms with Crippen LogP contribution in [-0.4, -0.2) is 17.6 Å². The van der Waals surface area contributed by atoms with Gasteiger partial charge in [-0.05, 0) is 12.5 Å². The highest BCUT2D eigenvalue weighted by atomic mass is 35.5. The molecule has 1 atom stereocenters. The highest BCUT2D eigenvalue weighted by molar-refractivity contribution is 6.30. The number of anilines is 1. The van der Waals surface area contributed by atoms with Crippen LogP contribution in [-0.2, 0) is 0 Å². The lowest BCUT2D eigenvalue weighted by molar-refractivity contribution is 0.590. The summed E-state index contributed by atoms with van der Waals surface area (Å²) in [6.45, 7) is 2.46. The lowest BCUT2D eigenvalue weighted by Gasteiger charge is -2.17. The maximum Gasteiger partial charge on any atom is 0.166 e. The molecule has 4 nitrogen and oxygen atoms in total. The van der Waals surface area contributed by atoms with Crippen molar-refractivity contribution in [2.75, 3.05) is 11.9 Å². The summed E-state index contributed by atoms with van der Waals surface area (Å²) >= 11 is 5.76. The molecule has 1 aromatic rings. The molecule has 1 unspecified atom stereocenters. The van der Waals surface area contributed by atoms with Gasteiger partial charge in [0.25, 0.3) is 0 Å². The van der Waals surface area contributed by atoms with E-state index in [1.165, 1.54) is 0 Å². The van der Waals surface area contributed by atoms with Crippen LogP contribution in [0.5, 0.6) is 0 Å². The molecule has 0 bridgehead atoms. The highest BCUT2D eigenvalue weighted by Crippen LogP contribution is 2.20. The fraction of sp³-hybridized carbons (Fsp3) is 0.500. The van der Waals surface area contributed by atoms with Crippen LogP contribution in [0.3, 0.4) is 0 Å². The van der Waals surface area contributed by atoms with Crippen LogP contribution in [0.25, 0.3) is 0 Å². The number of aromatic nitrogens is 1. The Bertz CT molecular complexity index is 444. The number of nitriles is 1. The third kappa shape index (κ3) is 3.83. The first-order valence-corrected chi connectivity index (χ1v) is 6.22.